The fourth-order valence-corrected chi connectivity index (χ4v) is 2.14. The molecule has 5 heteroatoms. The summed E-state index contributed by atoms with van der Waals surface area (Å²) < 4.78 is 0. The summed E-state index contributed by atoms with van der Waals surface area (Å²) in [7, 11) is 0. The van der Waals surface area contributed by atoms with Crippen molar-refractivity contribution in [1.82, 2.24) is 5.32 Å². The molecule has 0 bridgehead atoms. The zero-order valence-electron chi connectivity index (χ0n) is 9.61. The first-order valence-corrected chi connectivity index (χ1v) is 5.76. The number of hydrogen-bond donors (Lipinski definition) is 3. The molecule has 1 fully saturated rings. The van der Waals surface area contributed by atoms with Crippen molar-refractivity contribution in [1.29, 1.82) is 0 Å². The minimum absolute atomic E-state index is 0.0372. The number of carbonyl (C=O) groups excluding carboxylic acids is 1. The number of carbonyl (C=O) groups is 2. The number of rotatable bonds is 4. The van der Waals surface area contributed by atoms with Crippen molar-refractivity contribution in [3.8, 4) is 0 Å². The molecule has 1 amide bonds. The smallest absolute Gasteiger partial charge is 0.305 e. The lowest BCUT2D eigenvalue weighted by atomic mass is 9.85. The van der Waals surface area contributed by atoms with Crippen molar-refractivity contribution >= 4 is 11.9 Å². The Morgan fingerprint density at radius 2 is 2.19 bits per heavy atom. The maximum Gasteiger partial charge on any atom is 0.305 e. The molecule has 3 unspecified atom stereocenters. The van der Waals surface area contributed by atoms with Crippen LogP contribution in [-0.2, 0) is 9.59 Å². The van der Waals surface area contributed by atoms with Crippen molar-refractivity contribution < 1.29 is 14.7 Å². The highest BCUT2D eigenvalue weighted by atomic mass is 16.4. The van der Waals surface area contributed by atoms with Crippen LogP contribution in [0.25, 0.3) is 0 Å². The van der Waals surface area contributed by atoms with Gasteiger partial charge in [-0.1, -0.05) is 6.42 Å². The summed E-state index contributed by atoms with van der Waals surface area (Å²) in [6.45, 7) is 1.70. The molecule has 1 aliphatic carbocycles. The largest absolute Gasteiger partial charge is 0.481 e. The fourth-order valence-electron chi connectivity index (χ4n) is 2.14. The van der Waals surface area contributed by atoms with E-state index >= 15 is 0 Å². The highest BCUT2D eigenvalue weighted by molar-refractivity contribution is 5.79. The average Bonchev–Trinajstić information content (AvgIpc) is 2.16. The molecular weight excluding hydrogens is 208 g/mol. The van der Waals surface area contributed by atoms with E-state index in [4.69, 9.17) is 10.8 Å². The van der Waals surface area contributed by atoms with Crippen LogP contribution in [0.1, 0.15) is 39.0 Å². The lowest BCUT2D eigenvalue weighted by molar-refractivity contribution is -0.137. The predicted octanol–water partition coefficient (Wildman–Crippen LogP) is 0.483. The molecule has 0 saturated heterocycles. The minimum atomic E-state index is -0.895. The van der Waals surface area contributed by atoms with Crippen molar-refractivity contribution in [3.63, 3.8) is 0 Å². The Bertz CT molecular complexity index is 268. The summed E-state index contributed by atoms with van der Waals surface area (Å²) in [5.74, 6) is -0.989. The van der Waals surface area contributed by atoms with Crippen LogP contribution in [0.15, 0.2) is 0 Å². The SMILES string of the molecule is CC(CC(=O)O)NC(=O)C1CCCC(N)C1. The molecule has 0 radical (unpaired) electrons. The van der Waals surface area contributed by atoms with E-state index in [1.807, 2.05) is 0 Å². The van der Waals surface area contributed by atoms with Crippen LogP contribution < -0.4 is 11.1 Å². The van der Waals surface area contributed by atoms with Gasteiger partial charge in [0.1, 0.15) is 0 Å². The topological polar surface area (TPSA) is 92.4 Å². The standard InChI is InChI=1S/C11H20N2O3/c1-7(5-10(14)15)13-11(16)8-3-2-4-9(12)6-8/h7-9H,2-6,12H2,1H3,(H,13,16)(H,14,15). The molecule has 3 atom stereocenters. The molecular formula is C11H20N2O3. The van der Waals surface area contributed by atoms with Crippen LogP contribution in [0.5, 0.6) is 0 Å². The molecule has 0 aromatic rings. The first kappa shape index (κ1) is 13.0. The Hall–Kier alpha value is -1.10. The van der Waals surface area contributed by atoms with Gasteiger partial charge >= 0.3 is 5.97 Å². The predicted molar refractivity (Wildman–Crippen MR) is 59.8 cm³/mol. The van der Waals surface area contributed by atoms with E-state index in [-0.39, 0.29) is 30.3 Å². The van der Waals surface area contributed by atoms with Crippen molar-refractivity contribution in [2.24, 2.45) is 11.7 Å². The van der Waals surface area contributed by atoms with Crippen LogP contribution >= 0.6 is 0 Å². The van der Waals surface area contributed by atoms with Gasteiger partial charge in [-0.3, -0.25) is 9.59 Å². The van der Waals surface area contributed by atoms with Gasteiger partial charge < -0.3 is 16.2 Å². The van der Waals surface area contributed by atoms with Gasteiger partial charge in [0.25, 0.3) is 0 Å². The number of nitrogens with one attached hydrogen (secondary N) is 1. The van der Waals surface area contributed by atoms with Gasteiger partial charge in [0.15, 0.2) is 0 Å². The van der Waals surface area contributed by atoms with E-state index in [9.17, 15) is 9.59 Å². The number of aliphatic carboxylic acids is 1. The van der Waals surface area contributed by atoms with Crippen molar-refractivity contribution in [3.05, 3.63) is 0 Å². The molecule has 4 N–H and O–H groups in total. The molecule has 16 heavy (non-hydrogen) atoms. The minimum Gasteiger partial charge on any atom is -0.481 e. The molecule has 1 rings (SSSR count). The van der Waals surface area contributed by atoms with Crippen molar-refractivity contribution in [2.45, 2.75) is 51.1 Å². The number of amides is 1. The second-order valence-corrected chi connectivity index (χ2v) is 4.63. The van der Waals surface area contributed by atoms with Crippen LogP contribution in [-0.4, -0.2) is 29.1 Å². The van der Waals surface area contributed by atoms with Gasteiger partial charge in [0.2, 0.25) is 5.91 Å². The summed E-state index contributed by atoms with van der Waals surface area (Å²) in [6.07, 6.45) is 3.50. The van der Waals surface area contributed by atoms with E-state index in [1.165, 1.54) is 0 Å². The first-order chi connectivity index (χ1) is 7.49. The molecule has 0 aliphatic heterocycles. The summed E-state index contributed by atoms with van der Waals surface area (Å²) >= 11 is 0. The average molecular weight is 228 g/mol. The molecule has 0 aromatic heterocycles. The number of hydrogen-bond acceptors (Lipinski definition) is 3. The highest BCUT2D eigenvalue weighted by Gasteiger charge is 2.26. The maximum atomic E-state index is 11.8. The van der Waals surface area contributed by atoms with Crippen LogP contribution in [0.4, 0.5) is 0 Å². The molecule has 1 saturated carbocycles. The molecule has 0 spiro atoms. The Balaban J connectivity index is 2.36. The lowest BCUT2D eigenvalue weighted by Gasteiger charge is -2.26. The summed E-state index contributed by atoms with van der Waals surface area (Å²) in [6, 6.07) is -0.206. The number of carboxylic acids is 1. The number of carboxylic acid groups (broad SMARTS) is 1. The third kappa shape index (κ3) is 4.18. The van der Waals surface area contributed by atoms with Gasteiger partial charge in [-0.25, -0.2) is 0 Å². The highest BCUT2D eigenvalue weighted by Crippen LogP contribution is 2.23. The van der Waals surface area contributed by atoms with E-state index in [1.54, 1.807) is 6.92 Å². The Labute approximate surface area is 95.4 Å². The molecule has 1 aliphatic rings. The third-order valence-corrected chi connectivity index (χ3v) is 2.96. The van der Waals surface area contributed by atoms with E-state index in [2.05, 4.69) is 5.32 Å². The monoisotopic (exact) mass is 228 g/mol. The fraction of sp³-hybridized carbons (Fsp3) is 0.818. The van der Waals surface area contributed by atoms with Crippen LogP contribution in [0, 0.1) is 5.92 Å². The second kappa shape index (κ2) is 5.84. The van der Waals surface area contributed by atoms with E-state index in [0.29, 0.717) is 6.42 Å². The molecule has 0 aromatic carbocycles. The summed E-state index contributed by atoms with van der Waals surface area (Å²) in [4.78, 5) is 22.2. The Kier molecular flexibility index (Phi) is 4.73. The van der Waals surface area contributed by atoms with E-state index in [0.717, 1.165) is 19.3 Å². The summed E-state index contributed by atoms with van der Waals surface area (Å²) in [5.41, 5.74) is 5.80. The normalized spacial score (nSPS) is 27.1. The zero-order chi connectivity index (χ0) is 12.1. The van der Waals surface area contributed by atoms with Gasteiger partial charge in [-0.2, -0.15) is 0 Å². The Morgan fingerprint density at radius 3 is 2.75 bits per heavy atom. The van der Waals surface area contributed by atoms with Gasteiger partial charge in [-0.15, -0.1) is 0 Å². The van der Waals surface area contributed by atoms with Crippen molar-refractivity contribution in [2.75, 3.05) is 0 Å². The van der Waals surface area contributed by atoms with Crippen LogP contribution in [0.3, 0.4) is 0 Å². The zero-order valence-corrected chi connectivity index (χ0v) is 9.61. The molecule has 92 valence electrons. The van der Waals surface area contributed by atoms with E-state index < -0.39 is 5.97 Å². The quantitative estimate of drug-likeness (QED) is 0.652. The summed E-state index contributed by atoms with van der Waals surface area (Å²) in [5, 5.41) is 11.3. The maximum absolute atomic E-state index is 11.8. The van der Waals surface area contributed by atoms with Crippen LogP contribution in [0.2, 0.25) is 0 Å². The molecule has 0 heterocycles. The van der Waals surface area contributed by atoms with Gasteiger partial charge in [-0.05, 0) is 26.2 Å². The third-order valence-electron chi connectivity index (χ3n) is 2.96. The second-order valence-electron chi connectivity index (χ2n) is 4.63. The van der Waals surface area contributed by atoms with Gasteiger partial charge in [0, 0.05) is 18.0 Å². The number of nitrogens with two attached hydrogens (primary N) is 1. The van der Waals surface area contributed by atoms with Gasteiger partial charge in [0.05, 0.1) is 6.42 Å². The molecule has 5 nitrogen and oxygen atoms in total. The Morgan fingerprint density at radius 1 is 1.50 bits per heavy atom. The lowest BCUT2D eigenvalue weighted by Crippen LogP contribution is -2.42. The first-order valence-electron chi connectivity index (χ1n) is 5.76.